The van der Waals surface area contributed by atoms with Gasteiger partial charge in [-0.2, -0.15) is 11.8 Å². The molecule has 0 saturated heterocycles. The number of amides is 1. The van der Waals surface area contributed by atoms with Gasteiger partial charge in [0.1, 0.15) is 12.7 Å². The number of esters is 2. The lowest BCUT2D eigenvalue weighted by Gasteiger charge is -2.19. The molecule has 0 rings (SSSR count). The molecule has 61 heavy (non-hydrogen) atoms. The maximum Gasteiger partial charge on any atom is 0.306 e. The van der Waals surface area contributed by atoms with Crippen molar-refractivity contribution in [2.75, 3.05) is 18.1 Å². The summed E-state index contributed by atoms with van der Waals surface area (Å²) in [6.07, 6.45) is 50.9. The van der Waals surface area contributed by atoms with E-state index in [-0.39, 0.29) is 30.5 Å². The summed E-state index contributed by atoms with van der Waals surface area (Å²) in [6.45, 7) is 8.96. The van der Waals surface area contributed by atoms with Gasteiger partial charge < -0.3 is 14.8 Å². The van der Waals surface area contributed by atoms with Crippen LogP contribution in [-0.2, 0) is 23.9 Å². The number of carbonyl (C=O) groups is 3. The number of carbonyl (C=O) groups excluding carboxylic acids is 3. The molecule has 362 valence electrons. The average molecular weight is 881 g/mol. The molecule has 0 heterocycles. The van der Waals surface area contributed by atoms with Gasteiger partial charge >= 0.3 is 11.9 Å². The van der Waals surface area contributed by atoms with Crippen molar-refractivity contribution < 1.29 is 23.9 Å². The number of hydrogen-bond donors (Lipinski definition) is 1. The smallest absolute Gasteiger partial charge is 0.306 e. The molecule has 7 heteroatoms. The first kappa shape index (κ1) is 59.8. The highest BCUT2D eigenvalue weighted by Crippen LogP contribution is 2.17. The van der Waals surface area contributed by atoms with E-state index in [1.54, 1.807) is 11.8 Å². The largest absolute Gasteiger partial charge is 0.462 e. The minimum absolute atomic E-state index is 0.0275. The molecule has 0 fully saturated rings. The highest BCUT2D eigenvalue weighted by atomic mass is 32.2. The number of rotatable bonds is 50. The molecule has 0 aromatic carbocycles. The molecule has 2 unspecified atom stereocenters. The fourth-order valence-electron chi connectivity index (χ4n) is 8.26. The lowest BCUT2D eigenvalue weighted by atomic mass is 10.0. The minimum Gasteiger partial charge on any atom is -0.462 e. The van der Waals surface area contributed by atoms with Crippen LogP contribution >= 0.6 is 11.8 Å². The van der Waals surface area contributed by atoms with E-state index in [1.165, 1.54) is 212 Å². The first-order chi connectivity index (χ1) is 29.9. The summed E-state index contributed by atoms with van der Waals surface area (Å²) >= 11 is 1.65. The highest BCUT2D eigenvalue weighted by molar-refractivity contribution is 7.99. The molecule has 0 aromatic heterocycles. The Balaban J connectivity index is 4.38. The number of hydrogen-bond acceptors (Lipinski definition) is 6. The van der Waals surface area contributed by atoms with Crippen molar-refractivity contribution in [2.45, 2.75) is 310 Å². The van der Waals surface area contributed by atoms with Crippen LogP contribution in [0.4, 0.5) is 0 Å². The van der Waals surface area contributed by atoms with E-state index in [1.807, 2.05) is 6.92 Å². The van der Waals surface area contributed by atoms with Crippen molar-refractivity contribution in [3.8, 4) is 0 Å². The summed E-state index contributed by atoms with van der Waals surface area (Å²) < 4.78 is 11.6. The van der Waals surface area contributed by atoms with Gasteiger partial charge in [-0.15, -0.1) is 0 Å². The molecule has 0 bridgehead atoms. The number of nitrogens with one attached hydrogen (secondary N) is 1. The maximum atomic E-state index is 12.9. The van der Waals surface area contributed by atoms with Crippen molar-refractivity contribution in [3.05, 3.63) is 0 Å². The van der Waals surface area contributed by atoms with Gasteiger partial charge in [-0.3, -0.25) is 14.4 Å². The van der Waals surface area contributed by atoms with Crippen LogP contribution in [0.15, 0.2) is 0 Å². The summed E-state index contributed by atoms with van der Waals surface area (Å²) in [5.74, 6) is 1.01. The second-order valence-electron chi connectivity index (χ2n) is 18.8. The van der Waals surface area contributed by atoms with Gasteiger partial charge in [0.05, 0.1) is 0 Å². The highest BCUT2D eigenvalue weighted by Gasteiger charge is 2.18. The Hall–Kier alpha value is -1.24. The number of ether oxygens (including phenoxy) is 2. The molecule has 1 amide bonds. The normalized spacial score (nSPS) is 12.4. The van der Waals surface area contributed by atoms with E-state index < -0.39 is 6.10 Å². The van der Waals surface area contributed by atoms with Crippen LogP contribution < -0.4 is 5.32 Å². The standard InChI is InChI=1S/C54H105NO5S/c1-5-8-11-14-17-20-23-26-29-32-35-38-41-44-52(56)55-50(4)48-61-49-51(60-54(58)46-43-40-37-34-31-28-25-22-19-16-13-10-7-3)47-59-53(57)45-42-39-36-33-30-27-24-21-18-15-12-9-6-2/h50-51H,5-49H2,1-4H3,(H,55,56). The predicted molar refractivity (Wildman–Crippen MR) is 267 cm³/mol. The summed E-state index contributed by atoms with van der Waals surface area (Å²) in [4.78, 5) is 38.2. The molecule has 0 spiro atoms. The van der Waals surface area contributed by atoms with Crippen molar-refractivity contribution >= 4 is 29.6 Å². The fourth-order valence-corrected chi connectivity index (χ4v) is 9.26. The molecule has 0 aliphatic rings. The average Bonchev–Trinajstić information content (AvgIpc) is 3.24. The van der Waals surface area contributed by atoms with Crippen LogP contribution in [-0.4, -0.2) is 48.1 Å². The number of unbranched alkanes of at least 4 members (excludes halogenated alkanes) is 36. The molecular formula is C54H105NO5S. The summed E-state index contributed by atoms with van der Waals surface area (Å²) in [6, 6.07) is 0.0275. The van der Waals surface area contributed by atoms with Crippen molar-refractivity contribution in [1.82, 2.24) is 5.32 Å². The van der Waals surface area contributed by atoms with Crippen LogP contribution in [0, 0.1) is 0 Å². The minimum atomic E-state index is -0.469. The van der Waals surface area contributed by atoms with Gasteiger partial charge in [0.25, 0.3) is 0 Å². The Morgan fingerprint density at radius 2 is 0.689 bits per heavy atom. The lowest BCUT2D eigenvalue weighted by Crippen LogP contribution is -2.35. The Labute approximate surface area is 384 Å². The van der Waals surface area contributed by atoms with Gasteiger partial charge in [-0.1, -0.05) is 252 Å². The third-order valence-electron chi connectivity index (χ3n) is 12.3. The third-order valence-corrected chi connectivity index (χ3v) is 13.6. The zero-order chi connectivity index (χ0) is 44.5. The van der Waals surface area contributed by atoms with E-state index >= 15 is 0 Å². The molecule has 1 N–H and O–H groups in total. The number of thioether (sulfide) groups is 1. The first-order valence-electron chi connectivity index (χ1n) is 27.1. The third kappa shape index (κ3) is 48.1. The molecule has 6 nitrogen and oxygen atoms in total. The van der Waals surface area contributed by atoms with E-state index in [0.717, 1.165) is 44.3 Å². The monoisotopic (exact) mass is 880 g/mol. The molecule has 0 aliphatic heterocycles. The van der Waals surface area contributed by atoms with Gasteiger partial charge in [0.15, 0.2) is 0 Å². The van der Waals surface area contributed by atoms with Crippen LogP contribution in [0.1, 0.15) is 297 Å². The molecule has 0 aromatic rings. The Bertz CT molecular complexity index is 931. The van der Waals surface area contributed by atoms with Crippen LogP contribution in [0.5, 0.6) is 0 Å². The van der Waals surface area contributed by atoms with Gasteiger partial charge in [0, 0.05) is 36.8 Å². The van der Waals surface area contributed by atoms with Crippen molar-refractivity contribution in [3.63, 3.8) is 0 Å². The van der Waals surface area contributed by atoms with E-state index in [0.29, 0.717) is 25.0 Å². The second kappa shape index (κ2) is 49.8. The predicted octanol–water partition coefficient (Wildman–Crippen LogP) is 17.1. The zero-order valence-corrected chi connectivity index (χ0v) is 42.2. The van der Waals surface area contributed by atoms with Gasteiger partial charge in [0.2, 0.25) is 5.91 Å². The second-order valence-corrected chi connectivity index (χ2v) is 19.9. The Kier molecular flexibility index (Phi) is 48.8. The topological polar surface area (TPSA) is 81.7 Å². The zero-order valence-electron chi connectivity index (χ0n) is 41.4. The van der Waals surface area contributed by atoms with Crippen molar-refractivity contribution in [2.24, 2.45) is 0 Å². The molecule has 0 saturated carbocycles. The van der Waals surface area contributed by atoms with Gasteiger partial charge in [-0.25, -0.2) is 0 Å². The molecule has 2 atom stereocenters. The van der Waals surface area contributed by atoms with E-state index in [2.05, 4.69) is 26.1 Å². The quantitative estimate of drug-likeness (QED) is 0.0484. The first-order valence-corrected chi connectivity index (χ1v) is 28.3. The summed E-state index contributed by atoms with van der Waals surface area (Å²) in [5.41, 5.74) is 0. The van der Waals surface area contributed by atoms with Gasteiger partial charge in [-0.05, 0) is 26.2 Å². The summed E-state index contributed by atoms with van der Waals surface area (Å²) in [7, 11) is 0. The van der Waals surface area contributed by atoms with Crippen LogP contribution in [0.2, 0.25) is 0 Å². The SMILES string of the molecule is CCCCCCCCCCCCCCCC(=O)NC(C)CSCC(COC(=O)CCCCCCCCCCCCCCC)OC(=O)CCCCCCCCCCCCCCC. The molecule has 0 aliphatic carbocycles. The molecule has 0 radical (unpaired) electrons. The van der Waals surface area contributed by atoms with E-state index in [9.17, 15) is 14.4 Å². The Morgan fingerprint density at radius 1 is 0.393 bits per heavy atom. The van der Waals surface area contributed by atoms with Crippen LogP contribution in [0.25, 0.3) is 0 Å². The lowest BCUT2D eigenvalue weighted by molar-refractivity contribution is -0.157. The maximum absolute atomic E-state index is 12.9. The molecular weight excluding hydrogens is 775 g/mol. The summed E-state index contributed by atoms with van der Waals surface area (Å²) in [5, 5.41) is 3.16. The van der Waals surface area contributed by atoms with Crippen LogP contribution in [0.3, 0.4) is 0 Å². The fraction of sp³-hybridized carbons (Fsp3) is 0.944. The van der Waals surface area contributed by atoms with E-state index in [4.69, 9.17) is 9.47 Å². The van der Waals surface area contributed by atoms with Crippen molar-refractivity contribution in [1.29, 1.82) is 0 Å². The Morgan fingerprint density at radius 3 is 1.03 bits per heavy atom.